The number of benzene rings is 1. The van der Waals surface area contributed by atoms with Gasteiger partial charge in [0, 0.05) is 12.9 Å². The Morgan fingerprint density at radius 3 is 2.44 bits per heavy atom. The Kier molecular flexibility index (Phi) is 3.93. The molecule has 1 aromatic rings. The van der Waals surface area contributed by atoms with Gasteiger partial charge in [-0.2, -0.15) is 0 Å². The van der Waals surface area contributed by atoms with Crippen LogP contribution in [0.3, 0.4) is 0 Å². The first-order valence-electron chi connectivity index (χ1n) is 4.99. The van der Waals surface area contributed by atoms with E-state index in [1.807, 2.05) is 0 Å². The number of aliphatic hydroxyl groups is 1. The third kappa shape index (κ3) is 2.96. The van der Waals surface area contributed by atoms with Crippen LogP contribution in [0.25, 0.3) is 0 Å². The number of hydrogen-bond acceptors (Lipinski definition) is 4. The molecule has 1 rings (SSSR count). The molecule has 0 aliphatic heterocycles. The van der Waals surface area contributed by atoms with Crippen LogP contribution in [0.4, 0.5) is 0 Å². The molecule has 0 aromatic heterocycles. The highest BCUT2D eigenvalue weighted by atomic mass is 32.2. The van der Waals surface area contributed by atoms with Crippen LogP contribution in [0, 0.1) is 6.92 Å². The SMILES string of the molecule is Cc1cc(S(C)(=O)=O)c(CCCO)cc1O. The summed E-state index contributed by atoms with van der Waals surface area (Å²) in [5, 5.41) is 18.3. The minimum absolute atomic E-state index is 0.00214. The second kappa shape index (κ2) is 4.84. The topological polar surface area (TPSA) is 74.6 Å². The van der Waals surface area contributed by atoms with Crippen molar-refractivity contribution in [1.29, 1.82) is 0 Å². The first kappa shape index (κ1) is 13.0. The summed E-state index contributed by atoms with van der Waals surface area (Å²) in [7, 11) is -3.30. The Morgan fingerprint density at radius 1 is 1.31 bits per heavy atom. The summed E-state index contributed by atoms with van der Waals surface area (Å²) in [6, 6.07) is 2.93. The van der Waals surface area contributed by atoms with Crippen molar-refractivity contribution < 1.29 is 18.6 Å². The molecule has 16 heavy (non-hydrogen) atoms. The minimum Gasteiger partial charge on any atom is -0.508 e. The van der Waals surface area contributed by atoms with Crippen molar-refractivity contribution >= 4 is 9.84 Å². The molecular formula is C11H16O4S. The fraction of sp³-hybridized carbons (Fsp3) is 0.455. The van der Waals surface area contributed by atoms with E-state index in [2.05, 4.69) is 0 Å². The van der Waals surface area contributed by atoms with Gasteiger partial charge in [-0.3, -0.25) is 0 Å². The molecule has 0 saturated carbocycles. The van der Waals surface area contributed by atoms with E-state index in [9.17, 15) is 13.5 Å². The predicted molar refractivity (Wildman–Crippen MR) is 61.4 cm³/mol. The molecule has 0 bridgehead atoms. The minimum atomic E-state index is -3.30. The van der Waals surface area contributed by atoms with Crippen LogP contribution in [-0.4, -0.2) is 31.5 Å². The van der Waals surface area contributed by atoms with Crippen molar-refractivity contribution in [3.63, 3.8) is 0 Å². The zero-order valence-electron chi connectivity index (χ0n) is 9.40. The quantitative estimate of drug-likeness (QED) is 0.829. The third-order valence-corrected chi connectivity index (χ3v) is 3.56. The molecule has 0 radical (unpaired) electrons. The van der Waals surface area contributed by atoms with Crippen LogP contribution in [0.1, 0.15) is 17.5 Å². The maximum atomic E-state index is 11.5. The maximum absolute atomic E-state index is 11.5. The van der Waals surface area contributed by atoms with Crippen LogP contribution >= 0.6 is 0 Å². The lowest BCUT2D eigenvalue weighted by molar-refractivity contribution is 0.288. The lowest BCUT2D eigenvalue weighted by Gasteiger charge is -2.10. The molecular weight excluding hydrogens is 228 g/mol. The lowest BCUT2D eigenvalue weighted by atomic mass is 10.1. The molecule has 1 aromatic carbocycles. The number of aromatic hydroxyl groups is 1. The second-order valence-corrected chi connectivity index (χ2v) is 5.83. The highest BCUT2D eigenvalue weighted by Crippen LogP contribution is 2.26. The number of phenolic OH excluding ortho intramolecular Hbond substituents is 1. The molecule has 5 heteroatoms. The van der Waals surface area contributed by atoms with Crippen molar-refractivity contribution in [2.24, 2.45) is 0 Å². The summed E-state index contributed by atoms with van der Waals surface area (Å²) in [6.45, 7) is 1.65. The lowest BCUT2D eigenvalue weighted by Crippen LogP contribution is -2.04. The van der Waals surface area contributed by atoms with Crippen molar-refractivity contribution in [2.45, 2.75) is 24.7 Å². The molecule has 4 nitrogen and oxygen atoms in total. The molecule has 0 amide bonds. The van der Waals surface area contributed by atoms with Gasteiger partial charge in [-0.1, -0.05) is 0 Å². The largest absolute Gasteiger partial charge is 0.508 e. The first-order chi connectivity index (χ1) is 7.36. The van der Waals surface area contributed by atoms with E-state index < -0.39 is 9.84 Å². The number of rotatable bonds is 4. The molecule has 0 fully saturated rings. The molecule has 90 valence electrons. The molecule has 0 aliphatic carbocycles. The average molecular weight is 244 g/mol. The summed E-state index contributed by atoms with van der Waals surface area (Å²) in [5.41, 5.74) is 1.09. The Balaban J connectivity index is 3.28. The second-order valence-electron chi connectivity index (χ2n) is 3.85. The maximum Gasteiger partial charge on any atom is 0.175 e. The fourth-order valence-corrected chi connectivity index (χ4v) is 2.55. The fourth-order valence-electron chi connectivity index (χ4n) is 1.52. The van der Waals surface area contributed by atoms with Crippen LogP contribution in [-0.2, 0) is 16.3 Å². The van der Waals surface area contributed by atoms with E-state index >= 15 is 0 Å². The Bertz CT molecular complexity index is 477. The summed E-state index contributed by atoms with van der Waals surface area (Å²) in [5.74, 6) is 0.0836. The highest BCUT2D eigenvalue weighted by molar-refractivity contribution is 7.90. The summed E-state index contributed by atoms with van der Waals surface area (Å²) < 4.78 is 23.1. The van der Waals surface area contributed by atoms with Gasteiger partial charge in [0.25, 0.3) is 0 Å². The number of aryl methyl sites for hydroxylation is 2. The Labute approximate surface area is 95.5 Å². The van der Waals surface area contributed by atoms with Crippen molar-refractivity contribution in [1.82, 2.24) is 0 Å². The van der Waals surface area contributed by atoms with Gasteiger partial charge in [0.05, 0.1) is 4.90 Å². The van der Waals surface area contributed by atoms with Gasteiger partial charge in [0.15, 0.2) is 9.84 Å². The van der Waals surface area contributed by atoms with Gasteiger partial charge in [-0.25, -0.2) is 8.42 Å². The molecule has 0 spiro atoms. The zero-order chi connectivity index (χ0) is 12.3. The number of aliphatic hydroxyl groups excluding tert-OH is 1. The van der Waals surface area contributed by atoms with Gasteiger partial charge in [-0.15, -0.1) is 0 Å². The Hall–Kier alpha value is -1.07. The van der Waals surface area contributed by atoms with E-state index in [0.29, 0.717) is 24.0 Å². The average Bonchev–Trinajstić information content (AvgIpc) is 2.17. The first-order valence-corrected chi connectivity index (χ1v) is 6.89. The van der Waals surface area contributed by atoms with Gasteiger partial charge in [0.2, 0.25) is 0 Å². The zero-order valence-corrected chi connectivity index (χ0v) is 10.2. The highest BCUT2D eigenvalue weighted by Gasteiger charge is 2.15. The standard InChI is InChI=1S/C11H16O4S/c1-8-6-11(16(2,14)15)9(4-3-5-12)7-10(8)13/h6-7,12-13H,3-5H2,1-2H3. The van der Waals surface area contributed by atoms with Crippen molar-refractivity contribution in [3.8, 4) is 5.75 Å². The van der Waals surface area contributed by atoms with E-state index in [0.717, 1.165) is 6.26 Å². The van der Waals surface area contributed by atoms with Gasteiger partial charge in [0.1, 0.15) is 5.75 Å². The van der Waals surface area contributed by atoms with Gasteiger partial charge < -0.3 is 10.2 Å². The van der Waals surface area contributed by atoms with E-state index in [1.54, 1.807) is 6.92 Å². The van der Waals surface area contributed by atoms with Crippen LogP contribution < -0.4 is 0 Å². The molecule has 0 unspecified atom stereocenters. The smallest absolute Gasteiger partial charge is 0.175 e. The predicted octanol–water partition coefficient (Wildman–Crippen LogP) is 1.03. The van der Waals surface area contributed by atoms with Crippen LogP contribution in [0.5, 0.6) is 5.75 Å². The van der Waals surface area contributed by atoms with E-state index in [1.165, 1.54) is 12.1 Å². The number of sulfone groups is 1. The molecule has 0 saturated heterocycles. The van der Waals surface area contributed by atoms with Crippen molar-refractivity contribution in [3.05, 3.63) is 23.3 Å². The monoisotopic (exact) mass is 244 g/mol. The number of phenols is 1. The van der Waals surface area contributed by atoms with Crippen molar-refractivity contribution in [2.75, 3.05) is 12.9 Å². The molecule has 0 atom stereocenters. The summed E-state index contributed by atoms with van der Waals surface area (Å²) in [4.78, 5) is 0.233. The van der Waals surface area contributed by atoms with Crippen LogP contribution in [0.15, 0.2) is 17.0 Å². The third-order valence-electron chi connectivity index (χ3n) is 2.38. The Morgan fingerprint density at radius 2 is 1.94 bits per heavy atom. The molecule has 2 N–H and O–H groups in total. The van der Waals surface area contributed by atoms with Gasteiger partial charge >= 0.3 is 0 Å². The van der Waals surface area contributed by atoms with Crippen LogP contribution in [0.2, 0.25) is 0 Å². The number of hydrogen-bond donors (Lipinski definition) is 2. The normalized spacial score (nSPS) is 11.7. The summed E-state index contributed by atoms with van der Waals surface area (Å²) in [6.07, 6.45) is 2.05. The van der Waals surface area contributed by atoms with Gasteiger partial charge in [-0.05, 0) is 43.0 Å². The van der Waals surface area contributed by atoms with E-state index in [-0.39, 0.29) is 17.3 Å². The van der Waals surface area contributed by atoms with E-state index in [4.69, 9.17) is 5.11 Å². The molecule has 0 heterocycles. The summed E-state index contributed by atoms with van der Waals surface area (Å²) >= 11 is 0. The molecule has 0 aliphatic rings.